The van der Waals surface area contributed by atoms with Gasteiger partial charge in [0.1, 0.15) is 30.3 Å². The number of aldehydes is 1. The molecule has 1 aromatic heterocycles. The number of hydrogen-bond acceptors (Lipinski definition) is 9. The van der Waals surface area contributed by atoms with E-state index in [0.717, 1.165) is 6.42 Å². The number of methoxy groups -OCH3 is 1. The Morgan fingerprint density at radius 2 is 1.89 bits per heavy atom. The third-order valence-electron chi connectivity index (χ3n) is 8.85. The zero-order valence-electron chi connectivity index (χ0n) is 25.7. The summed E-state index contributed by atoms with van der Waals surface area (Å²) < 4.78 is 54.5. The predicted octanol–water partition coefficient (Wildman–Crippen LogP) is 4.25. The van der Waals surface area contributed by atoms with E-state index in [4.69, 9.17) is 18.9 Å². The highest BCUT2D eigenvalue weighted by molar-refractivity contribution is 5.89. The van der Waals surface area contributed by atoms with E-state index in [2.05, 4.69) is 15.3 Å². The molecule has 1 N–H and O–H groups in total. The van der Waals surface area contributed by atoms with E-state index in [9.17, 15) is 14.4 Å². The van der Waals surface area contributed by atoms with Gasteiger partial charge in [0.15, 0.2) is 5.69 Å². The van der Waals surface area contributed by atoms with Gasteiger partial charge in [-0.3, -0.25) is 4.79 Å². The van der Waals surface area contributed by atoms with Crippen molar-refractivity contribution in [3.05, 3.63) is 23.9 Å². The number of carbonyl (C=O) groups excluding carboxylic acids is 3. The SMILES string of the molecule is COc1ccc2nc3c(nc2c1)O[C@H]1CN(C(=O)[C@H](C(C)(C)C)NC(=O)O[C@@H]2CCC[C@H]2COCCC3(F)F)[C@H](C=O)[C@@H]1C. The number of ether oxygens (including phenoxy) is 4. The third-order valence-corrected chi connectivity index (χ3v) is 8.85. The van der Waals surface area contributed by atoms with Gasteiger partial charge in [0.05, 0.1) is 43.9 Å². The predicted molar refractivity (Wildman–Crippen MR) is 155 cm³/mol. The fourth-order valence-corrected chi connectivity index (χ4v) is 6.18. The van der Waals surface area contributed by atoms with Crippen LogP contribution < -0.4 is 14.8 Å². The van der Waals surface area contributed by atoms with Crippen LogP contribution in [0, 0.1) is 17.3 Å². The number of benzene rings is 1. The summed E-state index contributed by atoms with van der Waals surface area (Å²) in [5, 5.41) is 2.74. The molecule has 11 nitrogen and oxygen atoms in total. The molecule has 3 aliphatic rings. The van der Waals surface area contributed by atoms with Crippen LogP contribution in [0.2, 0.25) is 0 Å². The number of amides is 2. The van der Waals surface area contributed by atoms with Gasteiger partial charge in [0, 0.05) is 24.3 Å². The van der Waals surface area contributed by atoms with Crippen LogP contribution in [0.25, 0.3) is 11.0 Å². The van der Waals surface area contributed by atoms with Gasteiger partial charge < -0.3 is 34.0 Å². The zero-order chi connectivity index (χ0) is 31.8. The highest BCUT2D eigenvalue weighted by atomic mass is 19.3. The second-order valence-electron chi connectivity index (χ2n) is 13.0. The first-order chi connectivity index (χ1) is 20.8. The largest absolute Gasteiger partial charge is 0.497 e. The first-order valence-corrected chi connectivity index (χ1v) is 15.0. The number of aromatic nitrogens is 2. The maximum atomic E-state index is 15.9. The Labute approximate surface area is 255 Å². The van der Waals surface area contributed by atoms with E-state index < -0.39 is 71.5 Å². The summed E-state index contributed by atoms with van der Waals surface area (Å²) in [4.78, 5) is 49.4. The molecule has 13 heteroatoms. The maximum Gasteiger partial charge on any atom is 0.408 e. The summed E-state index contributed by atoms with van der Waals surface area (Å²) in [5.74, 6) is -4.67. The minimum atomic E-state index is -3.48. The summed E-state index contributed by atoms with van der Waals surface area (Å²) in [6, 6.07) is 2.75. The van der Waals surface area contributed by atoms with E-state index in [1.54, 1.807) is 45.9 Å². The minimum Gasteiger partial charge on any atom is -0.497 e. The zero-order valence-corrected chi connectivity index (χ0v) is 25.7. The second-order valence-corrected chi connectivity index (χ2v) is 13.0. The fourth-order valence-electron chi connectivity index (χ4n) is 6.18. The molecule has 0 unspecified atom stereocenters. The van der Waals surface area contributed by atoms with Crippen molar-refractivity contribution >= 4 is 29.3 Å². The van der Waals surface area contributed by atoms with Crippen molar-refractivity contribution < 1.29 is 42.1 Å². The Morgan fingerprint density at radius 3 is 2.59 bits per heavy atom. The lowest BCUT2D eigenvalue weighted by Crippen LogP contribution is -2.56. The van der Waals surface area contributed by atoms with Crippen molar-refractivity contribution in [3.8, 4) is 11.6 Å². The average molecular weight is 619 g/mol. The molecule has 0 spiro atoms. The monoisotopic (exact) mass is 618 g/mol. The number of fused-ring (bicyclic) bond motifs is 5. The number of rotatable bonds is 2. The molecule has 2 amide bonds. The van der Waals surface area contributed by atoms with Crippen LogP contribution in [0.5, 0.6) is 11.6 Å². The Hall–Kier alpha value is -3.61. The smallest absolute Gasteiger partial charge is 0.408 e. The Morgan fingerprint density at radius 1 is 1.11 bits per heavy atom. The van der Waals surface area contributed by atoms with E-state index in [1.807, 2.05) is 0 Å². The number of halogens is 2. The van der Waals surface area contributed by atoms with Gasteiger partial charge in [-0.2, -0.15) is 8.78 Å². The van der Waals surface area contributed by atoms with E-state index in [1.165, 1.54) is 12.0 Å². The molecule has 44 heavy (non-hydrogen) atoms. The normalized spacial score (nSPS) is 29.8. The Kier molecular flexibility index (Phi) is 8.97. The summed E-state index contributed by atoms with van der Waals surface area (Å²) in [5.41, 5.74) is -0.886. The first-order valence-electron chi connectivity index (χ1n) is 15.0. The number of alkyl halides is 2. The minimum absolute atomic E-state index is 0.0939. The Balaban J connectivity index is 1.56. The lowest BCUT2D eigenvalue weighted by molar-refractivity contribution is -0.139. The quantitative estimate of drug-likeness (QED) is 0.491. The fraction of sp³-hybridized carbons (Fsp3) is 0.645. The molecule has 0 radical (unpaired) electrons. The topological polar surface area (TPSA) is 129 Å². The molecular weight excluding hydrogens is 578 g/mol. The van der Waals surface area contributed by atoms with Gasteiger partial charge >= 0.3 is 6.09 Å². The van der Waals surface area contributed by atoms with Crippen molar-refractivity contribution in [2.75, 3.05) is 26.9 Å². The lowest BCUT2D eigenvalue weighted by atomic mass is 9.85. The lowest BCUT2D eigenvalue weighted by Gasteiger charge is -2.35. The maximum absolute atomic E-state index is 15.9. The highest BCUT2D eigenvalue weighted by Crippen LogP contribution is 2.40. The molecule has 3 heterocycles. The van der Waals surface area contributed by atoms with Gasteiger partial charge in [-0.25, -0.2) is 14.8 Å². The van der Waals surface area contributed by atoms with Crippen LogP contribution in [0.1, 0.15) is 59.1 Å². The van der Waals surface area contributed by atoms with Crippen molar-refractivity contribution in [3.63, 3.8) is 0 Å². The number of hydrogen-bond donors (Lipinski definition) is 1. The summed E-state index contributed by atoms with van der Waals surface area (Å²) in [6.45, 7) is 6.86. The molecule has 1 aliphatic carbocycles. The van der Waals surface area contributed by atoms with Crippen LogP contribution in [0.15, 0.2) is 18.2 Å². The van der Waals surface area contributed by atoms with Gasteiger partial charge in [0.2, 0.25) is 11.8 Å². The number of nitrogens with one attached hydrogen (secondary N) is 1. The number of nitrogens with zero attached hydrogens (tertiary/aromatic N) is 3. The molecule has 1 saturated heterocycles. The number of alkyl carbamates (subject to hydrolysis) is 1. The van der Waals surface area contributed by atoms with E-state index >= 15 is 8.78 Å². The Bertz CT molecular complexity index is 1400. The van der Waals surface area contributed by atoms with E-state index in [0.29, 0.717) is 24.9 Å². The van der Waals surface area contributed by atoms with Gasteiger partial charge in [-0.05, 0) is 36.8 Å². The van der Waals surface area contributed by atoms with Gasteiger partial charge in [-0.15, -0.1) is 0 Å². The first kappa shape index (κ1) is 31.8. The summed E-state index contributed by atoms with van der Waals surface area (Å²) in [7, 11) is 1.48. The second kappa shape index (κ2) is 12.4. The standard InChI is InChI=1S/C31H40F2N4O7/c1-17-22(15-38)37-14-24(17)43-27-25(34-20-10-9-19(41-5)13-21(20)35-27)31(32,33)11-12-42-16-18-7-6-8-23(18)44-29(40)36-26(28(37)39)30(2,3)4/h9-10,13,15,17-18,22-24,26H,6-8,11-12,14,16H2,1-5H3,(H,36,40)/t17-,18-,22+,23+,24-,26+/m0/s1. The van der Waals surface area contributed by atoms with Crippen LogP contribution in [0.3, 0.4) is 0 Å². The van der Waals surface area contributed by atoms with Crippen LogP contribution in [-0.4, -0.2) is 84.3 Å². The van der Waals surface area contributed by atoms with Gasteiger partial charge in [0.25, 0.3) is 5.92 Å². The van der Waals surface area contributed by atoms with Crippen molar-refractivity contribution in [2.24, 2.45) is 17.3 Å². The average Bonchev–Trinajstić information content (AvgIpc) is 3.54. The molecule has 1 aromatic carbocycles. The summed E-state index contributed by atoms with van der Waals surface area (Å²) >= 11 is 0. The molecule has 1 saturated carbocycles. The van der Waals surface area contributed by atoms with Crippen molar-refractivity contribution in [1.82, 2.24) is 20.2 Å². The molecular formula is C31H40F2N4O7. The molecule has 2 aliphatic heterocycles. The summed E-state index contributed by atoms with van der Waals surface area (Å²) in [6.07, 6.45) is -0.0557. The highest BCUT2D eigenvalue weighted by Gasteiger charge is 2.48. The third kappa shape index (κ3) is 6.43. The number of carbonyl (C=O) groups is 3. The molecule has 6 atom stereocenters. The van der Waals surface area contributed by atoms with E-state index in [-0.39, 0.29) is 36.7 Å². The molecule has 2 fully saturated rings. The van der Waals surface area contributed by atoms with Gasteiger partial charge in [-0.1, -0.05) is 27.7 Å². The van der Waals surface area contributed by atoms with Crippen LogP contribution in [-0.2, 0) is 25.0 Å². The molecule has 2 bridgehead atoms. The molecule has 240 valence electrons. The van der Waals surface area contributed by atoms with Crippen LogP contribution >= 0.6 is 0 Å². The molecule has 2 aromatic rings. The van der Waals surface area contributed by atoms with Crippen molar-refractivity contribution in [2.45, 2.75) is 83.6 Å². The molecule has 5 rings (SSSR count). The van der Waals surface area contributed by atoms with Crippen LogP contribution in [0.4, 0.5) is 13.6 Å². The van der Waals surface area contributed by atoms with Crippen molar-refractivity contribution in [1.29, 1.82) is 0 Å².